The molecule has 1 amide bonds. The van der Waals surface area contributed by atoms with E-state index in [9.17, 15) is 9.59 Å². The van der Waals surface area contributed by atoms with Crippen molar-refractivity contribution in [2.45, 2.75) is 19.3 Å². The molecule has 1 atom stereocenters. The number of anilines is 1. The zero-order chi connectivity index (χ0) is 15.4. The number of ether oxygens (including phenoxy) is 1. The minimum absolute atomic E-state index is 0.0308. The molecule has 0 saturated carbocycles. The van der Waals surface area contributed by atoms with E-state index in [0.717, 1.165) is 22.3 Å². The number of carbonyl (C=O) groups is 1. The highest BCUT2D eigenvalue weighted by atomic mass is 16.5. The number of hydrogen-bond donors (Lipinski definition) is 1. The molecule has 1 unspecified atom stereocenters. The second kappa shape index (κ2) is 4.39. The summed E-state index contributed by atoms with van der Waals surface area (Å²) in [7, 11) is 3.30. The number of carbonyl (C=O) groups excluding carboxylic acids is 1. The van der Waals surface area contributed by atoms with E-state index in [-0.39, 0.29) is 11.5 Å². The maximum atomic E-state index is 12.6. The van der Waals surface area contributed by atoms with Gasteiger partial charge in [0.25, 0.3) is 5.56 Å². The summed E-state index contributed by atoms with van der Waals surface area (Å²) in [4.78, 5) is 26.1. The molecule has 0 aliphatic carbocycles. The minimum Gasteiger partial charge on any atom is -0.383 e. The maximum absolute atomic E-state index is 12.6. The Balaban J connectivity index is 2.38. The van der Waals surface area contributed by atoms with Crippen molar-refractivity contribution in [1.82, 2.24) is 10.2 Å². The zero-order valence-electron chi connectivity index (χ0n) is 12.5. The molecule has 0 saturated heterocycles. The van der Waals surface area contributed by atoms with Gasteiger partial charge < -0.3 is 9.64 Å². The second-order valence-corrected chi connectivity index (χ2v) is 5.68. The highest BCUT2D eigenvalue weighted by molar-refractivity contribution is 6.10. The molecule has 1 aromatic heterocycles. The van der Waals surface area contributed by atoms with Crippen molar-refractivity contribution in [3.63, 3.8) is 0 Å². The van der Waals surface area contributed by atoms with E-state index in [1.54, 1.807) is 25.1 Å². The van der Waals surface area contributed by atoms with Crippen LogP contribution in [-0.4, -0.2) is 36.9 Å². The van der Waals surface area contributed by atoms with Gasteiger partial charge in [-0.2, -0.15) is 5.10 Å². The van der Waals surface area contributed by atoms with Crippen LogP contribution in [0.25, 0.3) is 10.8 Å². The molecule has 0 spiro atoms. The van der Waals surface area contributed by atoms with Gasteiger partial charge in [-0.25, -0.2) is 5.10 Å². The van der Waals surface area contributed by atoms with Crippen LogP contribution in [0, 0.1) is 6.92 Å². The van der Waals surface area contributed by atoms with E-state index in [2.05, 4.69) is 10.2 Å². The molecule has 2 heterocycles. The molecule has 0 fully saturated rings. The highest BCUT2D eigenvalue weighted by Crippen LogP contribution is 2.42. The highest BCUT2D eigenvalue weighted by Gasteiger charge is 2.46. The van der Waals surface area contributed by atoms with Crippen LogP contribution in [0.2, 0.25) is 0 Å². The van der Waals surface area contributed by atoms with Crippen LogP contribution in [0.3, 0.4) is 0 Å². The van der Waals surface area contributed by atoms with Crippen LogP contribution in [-0.2, 0) is 14.9 Å². The van der Waals surface area contributed by atoms with Gasteiger partial charge in [0.1, 0.15) is 0 Å². The fourth-order valence-electron chi connectivity index (χ4n) is 3.07. The molecule has 1 aliphatic heterocycles. The van der Waals surface area contributed by atoms with Crippen molar-refractivity contribution in [3.05, 3.63) is 33.7 Å². The number of likely N-dealkylation sites (N-methyl/N-ethyl adjacent to an activating group) is 1. The van der Waals surface area contributed by atoms with Gasteiger partial charge in [0.05, 0.1) is 23.1 Å². The first-order valence-electron chi connectivity index (χ1n) is 6.71. The summed E-state index contributed by atoms with van der Waals surface area (Å²) in [6.45, 7) is 3.99. The molecule has 2 aromatic rings. The van der Waals surface area contributed by atoms with E-state index in [1.807, 2.05) is 19.9 Å². The van der Waals surface area contributed by atoms with Crippen LogP contribution in [0.1, 0.15) is 18.2 Å². The van der Waals surface area contributed by atoms with E-state index >= 15 is 0 Å². The SMILES string of the molecule is COCC1(C)C(=O)N(C)c2cc3c(=O)[nH]nc(C)c3cc21. The summed E-state index contributed by atoms with van der Waals surface area (Å²) >= 11 is 0. The van der Waals surface area contributed by atoms with Crippen LogP contribution >= 0.6 is 0 Å². The Labute approximate surface area is 121 Å². The average molecular weight is 287 g/mol. The first kappa shape index (κ1) is 13.8. The standard InChI is InChI=1S/C15H17N3O3/c1-8-9-5-11-12(6-10(9)13(19)17-16-8)18(3)14(20)15(11,2)7-21-4/h5-6H,7H2,1-4H3,(H,17,19). The van der Waals surface area contributed by atoms with Crippen molar-refractivity contribution in [1.29, 1.82) is 0 Å². The number of aromatic amines is 1. The number of aryl methyl sites for hydroxylation is 1. The summed E-state index contributed by atoms with van der Waals surface area (Å²) < 4.78 is 5.24. The number of nitrogens with zero attached hydrogens (tertiary/aromatic N) is 2. The summed E-state index contributed by atoms with van der Waals surface area (Å²) in [5, 5.41) is 7.78. The number of hydrogen-bond acceptors (Lipinski definition) is 4. The van der Waals surface area contributed by atoms with Gasteiger partial charge in [0.15, 0.2) is 0 Å². The Morgan fingerprint density at radius 2 is 2.05 bits per heavy atom. The molecule has 110 valence electrons. The molecular weight excluding hydrogens is 270 g/mol. The Kier molecular flexibility index (Phi) is 2.88. The quantitative estimate of drug-likeness (QED) is 0.898. The average Bonchev–Trinajstić information content (AvgIpc) is 2.65. The number of nitrogens with one attached hydrogen (secondary N) is 1. The molecule has 6 heteroatoms. The third-order valence-corrected chi connectivity index (χ3v) is 4.26. The normalized spacial score (nSPS) is 21.1. The lowest BCUT2D eigenvalue weighted by molar-refractivity contribution is -0.124. The number of aromatic nitrogens is 2. The van der Waals surface area contributed by atoms with Gasteiger partial charge in [-0.05, 0) is 31.5 Å². The number of benzene rings is 1. The topological polar surface area (TPSA) is 75.3 Å². The van der Waals surface area contributed by atoms with Crippen molar-refractivity contribution in [3.8, 4) is 0 Å². The molecular formula is C15H17N3O3. The Morgan fingerprint density at radius 1 is 1.33 bits per heavy atom. The van der Waals surface area contributed by atoms with E-state index in [4.69, 9.17) is 4.74 Å². The molecule has 0 bridgehead atoms. The van der Waals surface area contributed by atoms with Crippen LogP contribution in [0.5, 0.6) is 0 Å². The first-order valence-corrected chi connectivity index (χ1v) is 6.71. The molecule has 21 heavy (non-hydrogen) atoms. The van der Waals surface area contributed by atoms with Gasteiger partial charge in [-0.15, -0.1) is 0 Å². The van der Waals surface area contributed by atoms with Crippen molar-refractivity contribution in [2.75, 3.05) is 25.7 Å². The molecule has 1 N–H and O–H groups in total. The predicted molar refractivity (Wildman–Crippen MR) is 79.7 cm³/mol. The van der Waals surface area contributed by atoms with Crippen molar-refractivity contribution < 1.29 is 9.53 Å². The lowest BCUT2D eigenvalue weighted by atomic mass is 9.83. The first-order chi connectivity index (χ1) is 9.90. The minimum atomic E-state index is -0.734. The second-order valence-electron chi connectivity index (χ2n) is 5.68. The zero-order valence-corrected chi connectivity index (χ0v) is 12.5. The number of fused-ring (bicyclic) bond motifs is 2. The summed E-state index contributed by atoms with van der Waals surface area (Å²) in [6.07, 6.45) is 0. The number of rotatable bonds is 2. The van der Waals surface area contributed by atoms with Crippen molar-refractivity contribution >= 4 is 22.4 Å². The lowest BCUT2D eigenvalue weighted by Gasteiger charge is -2.22. The maximum Gasteiger partial charge on any atom is 0.272 e. The molecule has 6 nitrogen and oxygen atoms in total. The fourth-order valence-corrected chi connectivity index (χ4v) is 3.07. The molecule has 0 radical (unpaired) electrons. The Bertz CT molecular complexity index is 812. The van der Waals surface area contributed by atoms with Crippen LogP contribution in [0.15, 0.2) is 16.9 Å². The third-order valence-electron chi connectivity index (χ3n) is 4.26. The predicted octanol–water partition coefficient (Wildman–Crippen LogP) is 1.11. The molecule has 1 aromatic carbocycles. The van der Waals surface area contributed by atoms with E-state index in [1.165, 1.54) is 0 Å². The number of methoxy groups -OCH3 is 1. The molecule has 1 aliphatic rings. The van der Waals surface area contributed by atoms with Gasteiger partial charge in [0, 0.05) is 25.2 Å². The van der Waals surface area contributed by atoms with Gasteiger partial charge in [-0.1, -0.05) is 0 Å². The number of H-pyrrole nitrogens is 1. The van der Waals surface area contributed by atoms with Gasteiger partial charge in [0.2, 0.25) is 5.91 Å². The smallest absolute Gasteiger partial charge is 0.272 e. The largest absolute Gasteiger partial charge is 0.383 e. The summed E-state index contributed by atoms with van der Waals surface area (Å²) in [5.41, 5.74) is 1.37. The monoisotopic (exact) mass is 287 g/mol. The van der Waals surface area contributed by atoms with E-state index in [0.29, 0.717) is 12.0 Å². The van der Waals surface area contributed by atoms with Gasteiger partial charge in [-0.3, -0.25) is 9.59 Å². The lowest BCUT2D eigenvalue weighted by Crippen LogP contribution is -2.39. The number of amides is 1. The molecule has 3 rings (SSSR count). The van der Waals surface area contributed by atoms with Crippen LogP contribution < -0.4 is 10.5 Å². The van der Waals surface area contributed by atoms with Crippen molar-refractivity contribution in [2.24, 2.45) is 0 Å². The van der Waals surface area contributed by atoms with Gasteiger partial charge >= 0.3 is 0 Å². The Morgan fingerprint density at radius 3 is 2.71 bits per heavy atom. The Hall–Kier alpha value is -2.21. The fraction of sp³-hybridized carbons (Fsp3) is 0.400. The summed E-state index contributed by atoms with van der Waals surface area (Å²) in [5.74, 6) is -0.0308. The van der Waals surface area contributed by atoms with Crippen LogP contribution in [0.4, 0.5) is 5.69 Å². The third kappa shape index (κ3) is 1.72. The van der Waals surface area contributed by atoms with E-state index < -0.39 is 5.41 Å². The summed E-state index contributed by atoms with van der Waals surface area (Å²) in [6, 6.07) is 3.65.